The predicted octanol–water partition coefficient (Wildman–Crippen LogP) is 0.967. The van der Waals surface area contributed by atoms with Crippen LogP contribution in [0.3, 0.4) is 0 Å². The molecule has 4 N–H and O–H groups in total. The summed E-state index contributed by atoms with van der Waals surface area (Å²) in [7, 11) is -4.17. The van der Waals surface area contributed by atoms with E-state index in [1.807, 2.05) is 0 Å². The summed E-state index contributed by atoms with van der Waals surface area (Å²) < 4.78 is 30.5. The van der Waals surface area contributed by atoms with Gasteiger partial charge in [-0.05, 0) is 35.0 Å². The molecule has 0 aromatic heterocycles. The Labute approximate surface area is 92.0 Å². The second-order valence-corrected chi connectivity index (χ2v) is 4.59. The summed E-state index contributed by atoms with van der Waals surface area (Å²) in [5.74, 6) is 0.113. The van der Waals surface area contributed by atoms with Gasteiger partial charge in [-0.25, -0.2) is 0 Å². The first-order chi connectivity index (χ1) is 6.97. The lowest BCUT2D eigenvalue weighted by atomic mass is 10.1. The molecule has 2 aromatic rings. The number of fused-ring (bicyclic) bond motifs is 1. The standard InChI is InChI=1S/C10H8O4S.H2O/c11-9-3-1-8-6-10(15(12,13)14)4-2-7(8)5-9;/h1-6,11H,(H,12,13,14);1H2. The number of hydrogen-bond acceptors (Lipinski definition) is 3. The first kappa shape index (κ1) is 12.4. The summed E-state index contributed by atoms with van der Waals surface area (Å²) in [4.78, 5) is -0.152. The minimum Gasteiger partial charge on any atom is -0.508 e. The van der Waals surface area contributed by atoms with E-state index in [9.17, 15) is 13.5 Å². The van der Waals surface area contributed by atoms with E-state index in [-0.39, 0.29) is 16.1 Å². The van der Waals surface area contributed by atoms with Crippen molar-refractivity contribution in [2.45, 2.75) is 4.90 Å². The Hall–Kier alpha value is -1.63. The van der Waals surface area contributed by atoms with Gasteiger partial charge in [0.05, 0.1) is 4.90 Å². The van der Waals surface area contributed by atoms with Gasteiger partial charge in [0.25, 0.3) is 10.1 Å². The second kappa shape index (κ2) is 4.09. The van der Waals surface area contributed by atoms with E-state index in [4.69, 9.17) is 4.55 Å². The summed E-state index contributed by atoms with van der Waals surface area (Å²) in [5, 5.41) is 10.5. The highest BCUT2D eigenvalue weighted by Crippen LogP contribution is 2.22. The van der Waals surface area contributed by atoms with Crippen LogP contribution in [0, 0.1) is 0 Å². The van der Waals surface area contributed by atoms with Crippen LogP contribution in [0.4, 0.5) is 0 Å². The number of phenolic OH excluding ortho intramolecular Hbond substituents is 1. The van der Waals surface area contributed by atoms with E-state index in [1.54, 1.807) is 6.07 Å². The Morgan fingerprint density at radius 3 is 2.12 bits per heavy atom. The smallest absolute Gasteiger partial charge is 0.294 e. The number of phenols is 1. The van der Waals surface area contributed by atoms with Crippen molar-refractivity contribution in [1.29, 1.82) is 0 Å². The van der Waals surface area contributed by atoms with E-state index >= 15 is 0 Å². The molecule has 0 bridgehead atoms. The molecule has 6 heteroatoms. The summed E-state index contributed by atoms with van der Waals surface area (Å²) in [6.07, 6.45) is 0. The molecule has 2 aromatic carbocycles. The zero-order chi connectivity index (χ0) is 11.1. The average molecular weight is 242 g/mol. The van der Waals surface area contributed by atoms with Gasteiger partial charge in [0.1, 0.15) is 5.75 Å². The molecule has 0 spiro atoms. The Morgan fingerprint density at radius 2 is 1.50 bits per heavy atom. The lowest BCUT2D eigenvalue weighted by molar-refractivity contribution is 0.476. The van der Waals surface area contributed by atoms with Crippen LogP contribution in [0.2, 0.25) is 0 Å². The lowest BCUT2D eigenvalue weighted by Gasteiger charge is -2.01. The number of benzene rings is 2. The Balaban J connectivity index is 0.00000128. The zero-order valence-corrected chi connectivity index (χ0v) is 8.90. The minimum atomic E-state index is -4.17. The maximum Gasteiger partial charge on any atom is 0.294 e. The van der Waals surface area contributed by atoms with Gasteiger partial charge in [0, 0.05) is 0 Å². The van der Waals surface area contributed by atoms with Crippen molar-refractivity contribution in [3.63, 3.8) is 0 Å². The highest BCUT2D eigenvalue weighted by atomic mass is 32.2. The number of rotatable bonds is 1. The Kier molecular flexibility index (Phi) is 3.18. The van der Waals surface area contributed by atoms with Crippen LogP contribution in [0.15, 0.2) is 41.3 Å². The Morgan fingerprint density at radius 1 is 0.938 bits per heavy atom. The SMILES string of the molecule is O.O=S(=O)(O)c1ccc2cc(O)ccc2c1. The molecule has 16 heavy (non-hydrogen) atoms. The molecule has 0 fully saturated rings. The topological polar surface area (TPSA) is 106 Å². The van der Waals surface area contributed by atoms with E-state index in [0.29, 0.717) is 10.8 Å². The van der Waals surface area contributed by atoms with Gasteiger partial charge in [-0.2, -0.15) is 8.42 Å². The van der Waals surface area contributed by atoms with E-state index in [0.717, 1.165) is 0 Å². The summed E-state index contributed by atoms with van der Waals surface area (Å²) in [6, 6.07) is 8.72. The van der Waals surface area contributed by atoms with Crippen molar-refractivity contribution >= 4 is 20.9 Å². The molecule has 0 aliphatic rings. The van der Waals surface area contributed by atoms with Gasteiger partial charge in [0.15, 0.2) is 0 Å². The average Bonchev–Trinajstić information content (AvgIpc) is 2.15. The number of aromatic hydroxyl groups is 1. The third kappa shape index (κ3) is 2.30. The first-order valence-corrected chi connectivity index (χ1v) is 5.61. The molecule has 0 amide bonds. The zero-order valence-electron chi connectivity index (χ0n) is 8.08. The molecule has 86 valence electrons. The monoisotopic (exact) mass is 242 g/mol. The van der Waals surface area contributed by atoms with Crippen LogP contribution in [0.25, 0.3) is 10.8 Å². The van der Waals surface area contributed by atoms with Gasteiger partial charge < -0.3 is 10.6 Å². The fraction of sp³-hybridized carbons (Fsp3) is 0. The quantitative estimate of drug-likeness (QED) is 0.726. The van der Waals surface area contributed by atoms with Gasteiger partial charge in [0.2, 0.25) is 0 Å². The van der Waals surface area contributed by atoms with Crippen molar-refractivity contribution in [1.82, 2.24) is 0 Å². The summed E-state index contributed by atoms with van der Waals surface area (Å²) in [5.41, 5.74) is 0. The van der Waals surface area contributed by atoms with Gasteiger partial charge >= 0.3 is 0 Å². The molecule has 0 atom stereocenters. The van der Waals surface area contributed by atoms with Crippen LogP contribution in [0.5, 0.6) is 5.75 Å². The molecule has 0 aliphatic carbocycles. The molecule has 0 unspecified atom stereocenters. The van der Waals surface area contributed by atoms with Crippen LogP contribution in [0.1, 0.15) is 0 Å². The highest BCUT2D eigenvalue weighted by molar-refractivity contribution is 7.85. The molecule has 0 saturated carbocycles. The molecule has 0 heterocycles. The third-order valence-electron chi connectivity index (χ3n) is 2.09. The van der Waals surface area contributed by atoms with Crippen molar-refractivity contribution < 1.29 is 23.6 Å². The molecular formula is C10H10O5S. The van der Waals surface area contributed by atoms with Crippen molar-refractivity contribution in [3.05, 3.63) is 36.4 Å². The highest BCUT2D eigenvalue weighted by Gasteiger charge is 2.09. The van der Waals surface area contributed by atoms with Crippen LogP contribution < -0.4 is 0 Å². The van der Waals surface area contributed by atoms with E-state index in [2.05, 4.69) is 0 Å². The number of hydrogen-bond donors (Lipinski definition) is 2. The summed E-state index contributed by atoms with van der Waals surface area (Å²) in [6.45, 7) is 0. The van der Waals surface area contributed by atoms with Gasteiger partial charge in [-0.3, -0.25) is 4.55 Å². The third-order valence-corrected chi connectivity index (χ3v) is 2.94. The van der Waals surface area contributed by atoms with Gasteiger partial charge in [-0.1, -0.05) is 12.1 Å². The molecule has 5 nitrogen and oxygen atoms in total. The molecule has 2 rings (SSSR count). The fourth-order valence-corrected chi connectivity index (χ4v) is 1.89. The molecule has 0 aliphatic heterocycles. The summed E-state index contributed by atoms with van der Waals surface area (Å²) >= 11 is 0. The van der Waals surface area contributed by atoms with Crippen LogP contribution in [-0.2, 0) is 10.1 Å². The largest absolute Gasteiger partial charge is 0.508 e. The normalized spacial score (nSPS) is 11.1. The van der Waals surface area contributed by atoms with Gasteiger partial charge in [-0.15, -0.1) is 0 Å². The second-order valence-electron chi connectivity index (χ2n) is 3.17. The Bertz CT molecular complexity index is 618. The van der Waals surface area contributed by atoms with E-state index < -0.39 is 10.1 Å². The lowest BCUT2D eigenvalue weighted by Crippen LogP contribution is -1.97. The molecular weight excluding hydrogens is 232 g/mol. The maximum atomic E-state index is 10.8. The van der Waals surface area contributed by atoms with Crippen LogP contribution >= 0.6 is 0 Å². The van der Waals surface area contributed by atoms with Crippen molar-refractivity contribution in [2.75, 3.05) is 0 Å². The molecule has 0 radical (unpaired) electrons. The first-order valence-electron chi connectivity index (χ1n) is 4.17. The van der Waals surface area contributed by atoms with Crippen molar-refractivity contribution in [3.8, 4) is 5.75 Å². The fourth-order valence-electron chi connectivity index (χ4n) is 1.37. The van der Waals surface area contributed by atoms with Crippen LogP contribution in [-0.4, -0.2) is 23.6 Å². The minimum absolute atomic E-state index is 0. The van der Waals surface area contributed by atoms with E-state index in [1.165, 1.54) is 30.3 Å². The maximum absolute atomic E-state index is 10.8. The predicted molar refractivity (Wildman–Crippen MR) is 59.0 cm³/mol. The van der Waals surface area contributed by atoms with Crippen molar-refractivity contribution in [2.24, 2.45) is 0 Å². The molecule has 0 saturated heterocycles.